The third kappa shape index (κ3) is 4.89. The second-order valence-electron chi connectivity index (χ2n) is 7.28. The standard InChI is InChI=1S/C22H24N4O5/c1-29-12-13-30-20-17(4-2-10-23-20)19-24-21(31-25-19)18-5-3-11-26(18)14-15-6-8-16(9-7-15)22(27)28/h2,4,6-10,18H,3,5,11-14H2,1H3,(H,27,28)/t18-/m1/s1. The van der Waals surface area contributed by atoms with Crippen LogP contribution in [0, 0.1) is 0 Å². The Morgan fingerprint density at radius 3 is 2.87 bits per heavy atom. The first kappa shape index (κ1) is 21.0. The van der Waals surface area contributed by atoms with Gasteiger partial charge in [-0.05, 0) is 49.2 Å². The van der Waals surface area contributed by atoms with Crippen LogP contribution in [0.1, 0.15) is 40.7 Å². The fourth-order valence-corrected chi connectivity index (χ4v) is 3.66. The molecule has 1 aromatic carbocycles. The van der Waals surface area contributed by atoms with Crippen LogP contribution in [0.4, 0.5) is 0 Å². The van der Waals surface area contributed by atoms with Gasteiger partial charge in [-0.2, -0.15) is 4.98 Å². The highest BCUT2D eigenvalue weighted by molar-refractivity contribution is 5.87. The first-order chi connectivity index (χ1) is 15.2. The largest absolute Gasteiger partial charge is 0.478 e. The monoisotopic (exact) mass is 424 g/mol. The molecule has 0 bridgehead atoms. The topological polar surface area (TPSA) is 111 Å². The fraction of sp³-hybridized carbons (Fsp3) is 0.364. The lowest BCUT2D eigenvalue weighted by atomic mass is 10.1. The molecule has 31 heavy (non-hydrogen) atoms. The number of aromatic nitrogens is 3. The summed E-state index contributed by atoms with van der Waals surface area (Å²) in [6, 6.07) is 10.6. The number of aromatic carboxylic acids is 1. The van der Waals surface area contributed by atoms with E-state index in [1.807, 2.05) is 18.2 Å². The van der Waals surface area contributed by atoms with Gasteiger partial charge < -0.3 is 19.1 Å². The minimum atomic E-state index is -0.926. The molecule has 3 aromatic rings. The van der Waals surface area contributed by atoms with Crippen molar-refractivity contribution in [3.8, 4) is 17.3 Å². The summed E-state index contributed by atoms with van der Waals surface area (Å²) in [6.45, 7) is 2.42. The summed E-state index contributed by atoms with van der Waals surface area (Å²) in [5.74, 6) is 0.508. The van der Waals surface area contributed by atoms with E-state index in [1.54, 1.807) is 31.5 Å². The second kappa shape index (κ2) is 9.67. The molecule has 1 atom stereocenters. The molecule has 0 amide bonds. The normalized spacial score (nSPS) is 16.5. The van der Waals surface area contributed by atoms with Crippen molar-refractivity contribution in [1.29, 1.82) is 0 Å². The van der Waals surface area contributed by atoms with Gasteiger partial charge in [0.2, 0.25) is 17.6 Å². The van der Waals surface area contributed by atoms with Gasteiger partial charge in [0.15, 0.2) is 0 Å². The van der Waals surface area contributed by atoms with Crippen molar-refractivity contribution in [2.45, 2.75) is 25.4 Å². The number of pyridine rings is 1. The third-order valence-electron chi connectivity index (χ3n) is 5.22. The number of carbonyl (C=O) groups is 1. The SMILES string of the molecule is COCCOc1ncccc1-c1noc([C@H]2CCCN2Cc2ccc(C(=O)O)cc2)n1. The van der Waals surface area contributed by atoms with Gasteiger partial charge in [0.05, 0.1) is 23.8 Å². The summed E-state index contributed by atoms with van der Waals surface area (Å²) in [5.41, 5.74) is 1.99. The molecule has 1 fully saturated rings. The average molecular weight is 424 g/mol. The number of rotatable bonds is 9. The summed E-state index contributed by atoms with van der Waals surface area (Å²) in [7, 11) is 1.61. The number of carboxylic acids is 1. The molecule has 1 N–H and O–H groups in total. The van der Waals surface area contributed by atoms with Gasteiger partial charge in [-0.15, -0.1) is 0 Å². The maximum Gasteiger partial charge on any atom is 0.335 e. The van der Waals surface area contributed by atoms with Gasteiger partial charge in [0.1, 0.15) is 6.61 Å². The van der Waals surface area contributed by atoms with E-state index in [2.05, 4.69) is 20.0 Å². The fourth-order valence-electron chi connectivity index (χ4n) is 3.66. The second-order valence-corrected chi connectivity index (χ2v) is 7.28. The Kier molecular flexibility index (Phi) is 6.54. The smallest absolute Gasteiger partial charge is 0.335 e. The van der Waals surface area contributed by atoms with Gasteiger partial charge in [-0.3, -0.25) is 4.90 Å². The van der Waals surface area contributed by atoms with E-state index in [0.717, 1.165) is 24.9 Å². The average Bonchev–Trinajstić information content (AvgIpc) is 3.44. The summed E-state index contributed by atoms with van der Waals surface area (Å²) < 4.78 is 16.3. The molecule has 1 aliphatic rings. The molecule has 2 aromatic heterocycles. The minimum absolute atomic E-state index is 0.00920. The Morgan fingerprint density at radius 2 is 2.10 bits per heavy atom. The van der Waals surface area contributed by atoms with Crippen LogP contribution in [0.15, 0.2) is 47.1 Å². The van der Waals surface area contributed by atoms with Crippen LogP contribution < -0.4 is 4.74 Å². The highest BCUT2D eigenvalue weighted by Crippen LogP contribution is 2.34. The van der Waals surface area contributed by atoms with E-state index in [0.29, 0.717) is 42.9 Å². The molecule has 1 saturated heterocycles. The zero-order valence-corrected chi connectivity index (χ0v) is 17.2. The predicted molar refractivity (Wildman–Crippen MR) is 111 cm³/mol. The van der Waals surface area contributed by atoms with Crippen molar-refractivity contribution >= 4 is 5.97 Å². The number of hydrogen-bond acceptors (Lipinski definition) is 8. The molecule has 0 aliphatic carbocycles. The predicted octanol–water partition coefficient (Wildman–Crippen LogP) is 3.19. The summed E-state index contributed by atoms with van der Waals surface area (Å²) >= 11 is 0. The Balaban J connectivity index is 1.49. The first-order valence-corrected chi connectivity index (χ1v) is 10.1. The quantitative estimate of drug-likeness (QED) is 0.518. The van der Waals surface area contributed by atoms with Gasteiger partial charge in [0.25, 0.3) is 0 Å². The van der Waals surface area contributed by atoms with E-state index in [1.165, 1.54) is 0 Å². The summed E-state index contributed by atoms with van der Waals surface area (Å²) in [4.78, 5) is 22.2. The highest BCUT2D eigenvalue weighted by atomic mass is 16.5. The van der Waals surface area contributed by atoms with Crippen LogP contribution in [0.25, 0.3) is 11.4 Å². The van der Waals surface area contributed by atoms with E-state index in [4.69, 9.17) is 19.1 Å². The molecule has 4 rings (SSSR count). The summed E-state index contributed by atoms with van der Waals surface area (Å²) in [6.07, 6.45) is 3.59. The zero-order valence-electron chi connectivity index (χ0n) is 17.2. The number of carboxylic acid groups (broad SMARTS) is 1. The third-order valence-corrected chi connectivity index (χ3v) is 5.22. The maximum absolute atomic E-state index is 11.1. The Morgan fingerprint density at radius 1 is 1.26 bits per heavy atom. The lowest BCUT2D eigenvalue weighted by molar-refractivity contribution is 0.0697. The molecular weight excluding hydrogens is 400 g/mol. The summed E-state index contributed by atoms with van der Waals surface area (Å²) in [5, 5.41) is 13.2. The number of likely N-dealkylation sites (tertiary alicyclic amines) is 1. The van der Waals surface area contributed by atoms with Crippen molar-refractivity contribution in [3.05, 3.63) is 59.6 Å². The van der Waals surface area contributed by atoms with Crippen LogP contribution in [0.5, 0.6) is 5.88 Å². The van der Waals surface area contributed by atoms with E-state index in [-0.39, 0.29) is 11.6 Å². The van der Waals surface area contributed by atoms with Crippen LogP contribution in [-0.4, -0.2) is 58.0 Å². The molecule has 0 unspecified atom stereocenters. The van der Waals surface area contributed by atoms with Gasteiger partial charge >= 0.3 is 5.97 Å². The van der Waals surface area contributed by atoms with E-state index >= 15 is 0 Å². The van der Waals surface area contributed by atoms with Crippen LogP contribution in [0.2, 0.25) is 0 Å². The van der Waals surface area contributed by atoms with Crippen molar-refractivity contribution < 1.29 is 23.9 Å². The molecule has 1 aliphatic heterocycles. The number of nitrogens with zero attached hydrogens (tertiary/aromatic N) is 4. The highest BCUT2D eigenvalue weighted by Gasteiger charge is 2.31. The molecular formula is C22H24N4O5. The van der Waals surface area contributed by atoms with Crippen molar-refractivity contribution in [3.63, 3.8) is 0 Å². The molecule has 0 radical (unpaired) electrons. The van der Waals surface area contributed by atoms with E-state index < -0.39 is 5.97 Å². The van der Waals surface area contributed by atoms with Crippen molar-refractivity contribution in [2.75, 3.05) is 26.9 Å². The lowest BCUT2D eigenvalue weighted by Crippen LogP contribution is -2.23. The lowest BCUT2D eigenvalue weighted by Gasteiger charge is -2.21. The molecule has 9 heteroatoms. The molecule has 0 saturated carbocycles. The molecule has 3 heterocycles. The molecule has 9 nitrogen and oxygen atoms in total. The minimum Gasteiger partial charge on any atom is -0.478 e. The first-order valence-electron chi connectivity index (χ1n) is 10.1. The molecule has 0 spiro atoms. The van der Waals surface area contributed by atoms with Gasteiger partial charge in [0, 0.05) is 19.9 Å². The zero-order chi connectivity index (χ0) is 21.6. The van der Waals surface area contributed by atoms with E-state index in [9.17, 15) is 4.79 Å². The van der Waals surface area contributed by atoms with Crippen molar-refractivity contribution in [2.24, 2.45) is 0 Å². The maximum atomic E-state index is 11.1. The van der Waals surface area contributed by atoms with Crippen LogP contribution in [-0.2, 0) is 11.3 Å². The van der Waals surface area contributed by atoms with Crippen molar-refractivity contribution in [1.82, 2.24) is 20.0 Å². The Bertz CT molecular complexity index is 1020. The number of methoxy groups -OCH3 is 1. The number of hydrogen-bond donors (Lipinski definition) is 1. The number of ether oxygens (including phenoxy) is 2. The van der Waals surface area contributed by atoms with Crippen LogP contribution >= 0.6 is 0 Å². The Hall–Kier alpha value is -3.30. The van der Waals surface area contributed by atoms with Gasteiger partial charge in [-0.1, -0.05) is 17.3 Å². The molecule has 162 valence electrons. The number of benzene rings is 1. The van der Waals surface area contributed by atoms with Crippen LogP contribution in [0.3, 0.4) is 0 Å². The van der Waals surface area contributed by atoms with Gasteiger partial charge in [-0.25, -0.2) is 9.78 Å². The Labute approximate surface area is 179 Å².